The first kappa shape index (κ1) is 15.8. The van der Waals surface area contributed by atoms with E-state index in [9.17, 15) is 19.2 Å². The Hall–Kier alpha value is -2.74. The zero-order valence-corrected chi connectivity index (χ0v) is 13.5. The van der Waals surface area contributed by atoms with Crippen LogP contribution in [0.25, 0.3) is 0 Å². The van der Waals surface area contributed by atoms with Gasteiger partial charge in [-0.15, -0.1) is 0 Å². The number of nitrogens with zero attached hydrogens (tertiary/aromatic N) is 2. The maximum absolute atomic E-state index is 13.0. The SMILES string of the molecule is O=C1CCC(N2C(=O)c3cccc(N4CCOCC4)c3C2=O)C(=O)N1. The second-order valence-corrected chi connectivity index (χ2v) is 6.25. The topological polar surface area (TPSA) is 96.0 Å². The van der Waals surface area contributed by atoms with E-state index in [0.717, 1.165) is 4.90 Å². The molecule has 1 N–H and O–H groups in total. The number of fused-ring (bicyclic) bond motifs is 1. The summed E-state index contributed by atoms with van der Waals surface area (Å²) in [4.78, 5) is 52.2. The molecule has 3 aliphatic heterocycles. The molecule has 3 heterocycles. The molecule has 1 unspecified atom stereocenters. The van der Waals surface area contributed by atoms with Crippen molar-refractivity contribution in [2.75, 3.05) is 31.2 Å². The van der Waals surface area contributed by atoms with Gasteiger partial charge < -0.3 is 9.64 Å². The summed E-state index contributed by atoms with van der Waals surface area (Å²) in [6.45, 7) is 2.39. The Balaban J connectivity index is 1.70. The third-order valence-corrected chi connectivity index (χ3v) is 4.80. The van der Waals surface area contributed by atoms with Gasteiger partial charge in [-0.2, -0.15) is 0 Å². The molecule has 8 nitrogen and oxygen atoms in total. The van der Waals surface area contributed by atoms with Crippen molar-refractivity contribution < 1.29 is 23.9 Å². The molecular formula is C17H17N3O5. The molecule has 2 saturated heterocycles. The molecule has 0 spiro atoms. The number of piperidine rings is 1. The van der Waals surface area contributed by atoms with Gasteiger partial charge in [-0.05, 0) is 18.6 Å². The van der Waals surface area contributed by atoms with Crippen LogP contribution in [0.5, 0.6) is 0 Å². The molecule has 4 amide bonds. The molecule has 25 heavy (non-hydrogen) atoms. The van der Waals surface area contributed by atoms with Crippen LogP contribution in [0.3, 0.4) is 0 Å². The number of morpholine rings is 1. The van der Waals surface area contributed by atoms with Crippen LogP contribution < -0.4 is 10.2 Å². The van der Waals surface area contributed by atoms with E-state index in [1.165, 1.54) is 0 Å². The highest BCUT2D eigenvalue weighted by Crippen LogP contribution is 2.34. The number of imide groups is 2. The fourth-order valence-corrected chi connectivity index (χ4v) is 3.56. The third-order valence-electron chi connectivity index (χ3n) is 4.80. The van der Waals surface area contributed by atoms with E-state index in [0.29, 0.717) is 43.1 Å². The van der Waals surface area contributed by atoms with Crippen molar-refractivity contribution in [2.45, 2.75) is 18.9 Å². The lowest BCUT2D eigenvalue weighted by Gasteiger charge is -2.30. The molecule has 2 fully saturated rings. The Morgan fingerprint density at radius 2 is 1.80 bits per heavy atom. The van der Waals surface area contributed by atoms with Gasteiger partial charge in [-0.1, -0.05) is 6.07 Å². The summed E-state index contributed by atoms with van der Waals surface area (Å²) in [7, 11) is 0. The maximum atomic E-state index is 13.0. The Morgan fingerprint density at radius 3 is 2.52 bits per heavy atom. The number of carbonyl (C=O) groups excluding carboxylic acids is 4. The molecule has 0 aromatic heterocycles. The number of benzene rings is 1. The first-order chi connectivity index (χ1) is 12.1. The molecule has 3 aliphatic rings. The Morgan fingerprint density at radius 1 is 1.04 bits per heavy atom. The van der Waals surface area contributed by atoms with Crippen LogP contribution in [0.15, 0.2) is 18.2 Å². The van der Waals surface area contributed by atoms with Crippen molar-refractivity contribution >= 4 is 29.3 Å². The van der Waals surface area contributed by atoms with E-state index >= 15 is 0 Å². The van der Waals surface area contributed by atoms with Crippen molar-refractivity contribution in [1.82, 2.24) is 10.2 Å². The number of rotatable bonds is 2. The van der Waals surface area contributed by atoms with Crippen LogP contribution in [-0.4, -0.2) is 60.9 Å². The summed E-state index contributed by atoms with van der Waals surface area (Å²) in [6, 6.07) is 4.21. The predicted molar refractivity (Wildman–Crippen MR) is 86.1 cm³/mol. The monoisotopic (exact) mass is 343 g/mol. The molecule has 0 bridgehead atoms. The molecule has 1 aromatic rings. The molecule has 0 saturated carbocycles. The number of carbonyl (C=O) groups is 4. The molecule has 1 aromatic carbocycles. The quantitative estimate of drug-likeness (QED) is 0.755. The smallest absolute Gasteiger partial charge is 0.264 e. The summed E-state index contributed by atoms with van der Waals surface area (Å²) in [5.41, 5.74) is 1.33. The summed E-state index contributed by atoms with van der Waals surface area (Å²) in [6.07, 6.45) is 0.267. The Labute approximate surface area is 143 Å². The van der Waals surface area contributed by atoms with Gasteiger partial charge in [-0.25, -0.2) is 0 Å². The van der Waals surface area contributed by atoms with E-state index in [2.05, 4.69) is 5.32 Å². The van der Waals surface area contributed by atoms with Gasteiger partial charge in [0.1, 0.15) is 6.04 Å². The first-order valence-corrected chi connectivity index (χ1v) is 8.25. The van der Waals surface area contributed by atoms with Crippen molar-refractivity contribution in [3.8, 4) is 0 Å². The second kappa shape index (κ2) is 5.96. The Bertz CT molecular complexity index is 784. The molecule has 0 aliphatic carbocycles. The van der Waals surface area contributed by atoms with E-state index in [4.69, 9.17) is 4.74 Å². The minimum Gasteiger partial charge on any atom is -0.378 e. The standard InChI is InChI=1S/C17H17N3O5/c21-13-5-4-12(15(22)18-13)20-16(23)10-2-1-3-11(14(10)17(20)24)19-6-8-25-9-7-19/h1-3,12H,4-9H2,(H,18,21,22). The van der Waals surface area contributed by atoms with E-state index in [1.807, 2.05) is 11.0 Å². The molecule has 130 valence electrons. The van der Waals surface area contributed by atoms with Crippen LogP contribution >= 0.6 is 0 Å². The molecule has 1 atom stereocenters. The zero-order chi connectivity index (χ0) is 17.6. The van der Waals surface area contributed by atoms with Gasteiger partial charge in [0.25, 0.3) is 11.8 Å². The number of amides is 4. The predicted octanol–water partition coefficient (Wildman–Crippen LogP) is -0.0756. The highest BCUT2D eigenvalue weighted by Gasteiger charge is 2.46. The lowest BCUT2D eigenvalue weighted by atomic mass is 10.0. The van der Waals surface area contributed by atoms with Crippen molar-refractivity contribution in [3.63, 3.8) is 0 Å². The van der Waals surface area contributed by atoms with Gasteiger partial charge in [0.15, 0.2) is 0 Å². The van der Waals surface area contributed by atoms with Gasteiger partial charge >= 0.3 is 0 Å². The van der Waals surface area contributed by atoms with Crippen molar-refractivity contribution in [3.05, 3.63) is 29.3 Å². The molecular weight excluding hydrogens is 326 g/mol. The lowest BCUT2D eigenvalue weighted by Crippen LogP contribution is -2.54. The minimum atomic E-state index is -0.942. The van der Waals surface area contributed by atoms with Crippen LogP contribution in [0.2, 0.25) is 0 Å². The van der Waals surface area contributed by atoms with Crippen LogP contribution in [-0.2, 0) is 14.3 Å². The summed E-state index contributed by atoms with van der Waals surface area (Å²) >= 11 is 0. The number of ether oxygens (including phenoxy) is 1. The normalized spacial score (nSPS) is 23.8. The average Bonchev–Trinajstić information content (AvgIpc) is 2.87. The Kier molecular flexibility index (Phi) is 3.76. The van der Waals surface area contributed by atoms with Crippen LogP contribution in [0, 0.1) is 0 Å². The molecule has 4 rings (SSSR count). The van der Waals surface area contributed by atoms with Crippen LogP contribution in [0.4, 0.5) is 5.69 Å². The van der Waals surface area contributed by atoms with Crippen molar-refractivity contribution in [1.29, 1.82) is 0 Å². The van der Waals surface area contributed by atoms with E-state index in [-0.39, 0.29) is 18.7 Å². The molecule has 8 heteroatoms. The van der Waals surface area contributed by atoms with Crippen LogP contribution in [0.1, 0.15) is 33.6 Å². The average molecular weight is 343 g/mol. The van der Waals surface area contributed by atoms with Gasteiger partial charge in [-0.3, -0.25) is 29.4 Å². The third kappa shape index (κ3) is 2.49. The number of hydrogen-bond acceptors (Lipinski definition) is 6. The first-order valence-electron chi connectivity index (χ1n) is 8.25. The van der Waals surface area contributed by atoms with E-state index < -0.39 is 23.8 Å². The second-order valence-electron chi connectivity index (χ2n) is 6.25. The highest BCUT2D eigenvalue weighted by atomic mass is 16.5. The number of anilines is 1. The summed E-state index contributed by atoms with van der Waals surface area (Å²) < 4.78 is 5.34. The maximum Gasteiger partial charge on any atom is 0.264 e. The number of nitrogens with one attached hydrogen (secondary N) is 1. The minimum absolute atomic E-state index is 0.111. The molecule has 0 radical (unpaired) electrons. The number of hydrogen-bond donors (Lipinski definition) is 1. The van der Waals surface area contributed by atoms with Crippen molar-refractivity contribution in [2.24, 2.45) is 0 Å². The zero-order valence-electron chi connectivity index (χ0n) is 13.5. The fourth-order valence-electron chi connectivity index (χ4n) is 3.56. The lowest BCUT2D eigenvalue weighted by molar-refractivity contribution is -0.136. The highest BCUT2D eigenvalue weighted by molar-refractivity contribution is 6.25. The largest absolute Gasteiger partial charge is 0.378 e. The van der Waals surface area contributed by atoms with E-state index in [1.54, 1.807) is 12.1 Å². The van der Waals surface area contributed by atoms with Gasteiger partial charge in [0.05, 0.1) is 30.0 Å². The summed E-state index contributed by atoms with van der Waals surface area (Å²) in [5.74, 6) is -1.94. The van der Waals surface area contributed by atoms with Gasteiger partial charge in [0.2, 0.25) is 11.8 Å². The summed E-state index contributed by atoms with van der Waals surface area (Å²) in [5, 5.41) is 2.20. The fraction of sp³-hybridized carbons (Fsp3) is 0.412. The van der Waals surface area contributed by atoms with Gasteiger partial charge in [0, 0.05) is 19.5 Å².